The van der Waals surface area contributed by atoms with Crippen LogP contribution in [-0.4, -0.2) is 74.1 Å². The van der Waals surface area contributed by atoms with Crippen LogP contribution < -0.4 is 0 Å². The number of rotatable bonds is 20. The van der Waals surface area contributed by atoms with E-state index >= 15 is 0 Å². The number of unbranched alkanes of at least 4 members (excludes halogenated alkanes) is 7. The summed E-state index contributed by atoms with van der Waals surface area (Å²) in [7, 11) is 3.83. The highest BCUT2D eigenvalue weighted by Crippen LogP contribution is 2.36. The summed E-state index contributed by atoms with van der Waals surface area (Å²) in [6.45, 7) is 4.88. The lowest BCUT2D eigenvalue weighted by atomic mass is 10.1. The normalized spacial score (nSPS) is 14.2. The predicted octanol–water partition coefficient (Wildman–Crippen LogP) is 4.34. The van der Waals surface area contributed by atoms with Crippen LogP contribution in [0, 0.1) is 0 Å². The Hall–Kier alpha value is -0.300. The molecule has 0 saturated carbocycles. The zero-order valence-electron chi connectivity index (χ0n) is 18.4. The Balaban J connectivity index is 3.61. The van der Waals surface area contributed by atoms with Gasteiger partial charge < -0.3 is 28.3 Å². The molecule has 2 atom stereocenters. The summed E-state index contributed by atoms with van der Waals surface area (Å²) in [6.07, 6.45) is 9.52. The number of nitrogens with zero attached hydrogens (tertiary/aromatic N) is 1. The molecular weight excluding hydrogens is 381 g/mol. The molecule has 0 rings (SSSR count). The van der Waals surface area contributed by atoms with Crippen molar-refractivity contribution >= 4 is 14.6 Å². The number of quaternary nitrogens is 1. The summed E-state index contributed by atoms with van der Waals surface area (Å²) < 4.78 is 16.9. The van der Waals surface area contributed by atoms with Gasteiger partial charge in [0.15, 0.2) is 0 Å². The molecule has 1 unspecified atom stereocenters. The molecule has 8 heteroatoms. The van der Waals surface area contributed by atoms with E-state index in [0.717, 1.165) is 38.9 Å². The first kappa shape index (κ1) is 27.7. The van der Waals surface area contributed by atoms with Gasteiger partial charge in [-0.25, -0.2) is 0 Å². The van der Waals surface area contributed by atoms with Crippen molar-refractivity contribution in [3.05, 3.63) is 0 Å². The second-order valence-electron chi connectivity index (χ2n) is 8.31. The largest absolute Gasteiger partial charge is 0.481 e. The van der Waals surface area contributed by atoms with Gasteiger partial charge >= 0.3 is 14.6 Å². The van der Waals surface area contributed by atoms with Crippen molar-refractivity contribution in [3.8, 4) is 0 Å². The predicted molar refractivity (Wildman–Crippen MR) is 113 cm³/mol. The maximum Gasteiger partial charge on any atom is 0.330 e. The molecular formula is C20H43NO6P+. The van der Waals surface area contributed by atoms with Crippen molar-refractivity contribution in [2.24, 2.45) is 0 Å². The SMILES string of the molecule is CCCCCOCCCCCCCCO[P@](O)OC(CC(=O)O)C[N+](C)(C)C. The average molecular weight is 425 g/mol. The summed E-state index contributed by atoms with van der Waals surface area (Å²) in [5, 5.41) is 8.98. The molecule has 7 nitrogen and oxygen atoms in total. The van der Waals surface area contributed by atoms with Gasteiger partial charge in [-0.05, 0) is 19.3 Å². The van der Waals surface area contributed by atoms with E-state index in [1.165, 1.54) is 32.1 Å². The van der Waals surface area contributed by atoms with Crippen molar-refractivity contribution in [1.82, 2.24) is 0 Å². The Kier molecular flexibility index (Phi) is 17.4. The highest BCUT2D eigenvalue weighted by atomic mass is 31.2. The number of likely N-dealkylation sites (N-methyl/N-ethyl adjacent to an activating group) is 1. The Bertz CT molecular complexity index is 378. The molecule has 0 aromatic rings. The Morgan fingerprint density at radius 2 is 1.46 bits per heavy atom. The van der Waals surface area contributed by atoms with E-state index in [0.29, 0.717) is 17.6 Å². The number of carboxylic acid groups (broad SMARTS) is 1. The lowest BCUT2D eigenvalue weighted by Gasteiger charge is -2.29. The molecule has 0 amide bonds. The lowest BCUT2D eigenvalue weighted by molar-refractivity contribution is -0.873. The number of hydrogen-bond acceptors (Lipinski definition) is 5. The first-order valence-corrected chi connectivity index (χ1v) is 11.8. The molecule has 2 N–H and O–H groups in total. The van der Waals surface area contributed by atoms with E-state index in [1.807, 2.05) is 21.1 Å². The van der Waals surface area contributed by atoms with Crippen molar-refractivity contribution in [1.29, 1.82) is 0 Å². The Morgan fingerprint density at radius 3 is 2.00 bits per heavy atom. The van der Waals surface area contributed by atoms with Gasteiger partial charge in [0, 0.05) is 13.2 Å². The van der Waals surface area contributed by atoms with Crippen LogP contribution in [0.5, 0.6) is 0 Å². The average Bonchev–Trinajstić information content (AvgIpc) is 2.56. The van der Waals surface area contributed by atoms with Crippen LogP contribution in [0.3, 0.4) is 0 Å². The molecule has 28 heavy (non-hydrogen) atoms. The summed E-state index contributed by atoms with van der Waals surface area (Å²) in [5.74, 6) is -0.937. The van der Waals surface area contributed by atoms with Crippen molar-refractivity contribution in [3.63, 3.8) is 0 Å². The third kappa shape index (κ3) is 20.4. The van der Waals surface area contributed by atoms with Gasteiger partial charge in [0.05, 0.1) is 34.2 Å². The summed E-state index contributed by atoms with van der Waals surface area (Å²) in [6, 6.07) is 0. The number of ether oxygens (including phenoxy) is 1. The van der Waals surface area contributed by atoms with E-state index in [1.54, 1.807) is 0 Å². The van der Waals surface area contributed by atoms with Crippen LogP contribution in [0.15, 0.2) is 0 Å². The fraction of sp³-hybridized carbons (Fsp3) is 0.950. The lowest BCUT2D eigenvalue weighted by Crippen LogP contribution is -2.42. The second kappa shape index (κ2) is 17.5. The summed E-state index contributed by atoms with van der Waals surface area (Å²) in [5.41, 5.74) is 0. The Morgan fingerprint density at radius 1 is 0.929 bits per heavy atom. The third-order valence-corrected chi connectivity index (χ3v) is 5.05. The van der Waals surface area contributed by atoms with Gasteiger partial charge in [-0.3, -0.25) is 4.79 Å². The minimum Gasteiger partial charge on any atom is -0.481 e. The molecule has 0 aliphatic rings. The van der Waals surface area contributed by atoms with Gasteiger partial charge in [-0.15, -0.1) is 0 Å². The van der Waals surface area contributed by atoms with Crippen molar-refractivity contribution < 1.29 is 33.1 Å². The van der Waals surface area contributed by atoms with Crippen LogP contribution in [0.2, 0.25) is 0 Å². The highest BCUT2D eigenvalue weighted by Gasteiger charge is 2.25. The van der Waals surface area contributed by atoms with Gasteiger partial charge in [0.2, 0.25) is 0 Å². The summed E-state index contributed by atoms with van der Waals surface area (Å²) in [4.78, 5) is 20.9. The van der Waals surface area contributed by atoms with Crippen LogP contribution in [0.4, 0.5) is 0 Å². The monoisotopic (exact) mass is 424 g/mol. The fourth-order valence-corrected chi connectivity index (χ4v) is 3.55. The van der Waals surface area contributed by atoms with E-state index in [9.17, 15) is 9.69 Å². The third-order valence-electron chi connectivity index (χ3n) is 4.17. The van der Waals surface area contributed by atoms with Gasteiger partial charge in [0.25, 0.3) is 0 Å². The molecule has 0 spiro atoms. The maximum absolute atomic E-state index is 11.0. The molecule has 0 saturated heterocycles. The minimum atomic E-state index is -2.03. The number of aliphatic carboxylic acids is 1. The number of carboxylic acids is 1. The quantitative estimate of drug-likeness (QED) is 0.172. The second-order valence-corrected chi connectivity index (χ2v) is 9.25. The molecule has 0 fully saturated rings. The fourth-order valence-electron chi connectivity index (χ4n) is 2.81. The van der Waals surface area contributed by atoms with Crippen LogP contribution in [0.25, 0.3) is 0 Å². The van der Waals surface area contributed by atoms with Gasteiger partial charge in [-0.1, -0.05) is 45.4 Å². The molecule has 0 aromatic heterocycles. The molecule has 0 aliphatic heterocycles. The van der Waals surface area contributed by atoms with E-state index < -0.39 is 20.7 Å². The zero-order valence-corrected chi connectivity index (χ0v) is 19.3. The summed E-state index contributed by atoms with van der Waals surface area (Å²) >= 11 is 0. The van der Waals surface area contributed by atoms with Gasteiger partial charge in [-0.2, -0.15) is 0 Å². The standard InChI is InChI=1S/C20H42NO6P/c1-5-6-11-14-25-15-12-9-7-8-10-13-16-26-28(24)27-19(17-20(22)23)18-21(2,3)4/h19,24H,5-18H2,1-4H3/p+1/t19?,28-/m0/s1. The minimum absolute atomic E-state index is 0.138. The van der Waals surface area contributed by atoms with E-state index in [2.05, 4.69) is 6.92 Å². The molecule has 0 aliphatic carbocycles. The maximum atomic E-state index is 11.0. The topological polar surface area (TPSA) is 85.2 Å². The van der Waals surface area contributed by atoms with E-state index in [-0.39, 0.29) is 6.42 Å². The van der Waals surface area contributed by atoms with Crippen molar-refractivity contribution in [2.45, 2.75) is 77.2 Å². The number of carbonyl (C=O) groups is 1. The van der Waals surface area contributed by atoms with Crippen LogP contribution in [0.1, 0.15) is 71.1 Å². The first-order valence-electron chi connectivity index (χ1n) is 10.6. The smallest absolute Gasteiger partial charge is 0.330 e. The molecule has 0 radical (unpaired) electrons. The zero-order chi connectivity index (χ0) is 21.3. The molecule has 0 aromatic carbocycles. The molecule has 0 heterocycles. The van der Waals surface area contributed by atoms with Crippen LogP contribution >= 0.6 is 8.60 Å². The van der Waals surface area contributed by atoms with Gasteiger partial charge in [0.1, 0.15) is 12.6 Å². The van der Waals surface area contributed by atoms with Crippen LogP contribution in [-0.2, 0) is 18.6 Å². The van der Waals surface area contributed by atoms with E-state index in [4.69, 9.17) is 18.9 Å². The molecule has 168 valence electrons. The molecule has 0 bridgehead atoms. The first-order chi connectivity index (χ1) is 13.2. The Labute approximate surface area is 172 Å². The number of hydrogen-bond donors (Lipinski definition) is 2. The van der Waals surface area contributed by atoms with Crippen molar-refractivity contribution in [2.75, 3.05) is 47.5 Å². The highest BCUT2D eigenvalue weighted by molar-refractivity contribution is 7.40.